The summed E-state index contributed by atoms with van der Waals surface area (Å²) in [5, 5.41) is 17.5. The Labute approximate surface area is 184 Å². The monoisotopic (exact) mass is 491 g/mol. The molecule has 9 heteroatoms. The molecule has 29 heavy (non-hydrogen) atoms. The number of nitrogens with one attached hydrogen (secondary N) is 1. The van der Waals surface area contributed by atoms with Crippen molar-refractivity contribution in [3.05, 3.63) is 75.1 Å². The second-order valence-corrected chi connectivity index (χ2v) is 8.03. The second kappa shape index (κ2) is 9.78. The number of ether oxygens (including phenoxy) is 1. The lowest BCUT2D eigenvalue weighted by atomic mass is 10.2. The summed E-state index contributed by atoms with van der Waals surface area (Å²) in [5.41, 5.74) is 1.40. The molecule has 1 heterocycles. The standard InChI is InChI=1S/C20H15BrClN3O3S/c1-2-9-28-16-8-5-14(21)10-13(16)11-17(19(26)27)29-20-23-18(24-25-20)12-3-6-15(22)7-4-12/h2-8,10-11H,1,9H2,(H,26,27)(H,23,24,25)/b17-11-. The molecule has 0 radical (unpaired) electrons. The molecule has 2 aromatic carbocycles. The van der Waals surface area contributed by atoms with E-state index in [-0.39, 0.29) is 10.1 Å². The second-order valence-electron chi connectivity index (χ2n) is 5.67. The number of thioether (sulfide) groups is 1. The SMILES string of the molecule is C=CCOc1ccc(Br)cc1/C=C(\Sc1n[nH]c(-c2ccc(Cl)cc2)n1)C(=O)O. The van der Waals surface area contributed by atoms with E-state index in [2.05, 4.69) is 37.7 Å². The van der Waals surface area contributed by atoms with Gasteiger partial charge in [0.05, 0.1) is 0 Å². The Kier molecular flexibility index (Phi) is 7.13. The van der Waals surface area contributed by atoms with E-state index in [0.29, 0.717) is 28.8 Å². The fourth-order valence-corrected chi connectivity index (χ4v) is 3.52. The van der Waals surface area contributed by atoms with Crippen molar-refractivity contribution in [3.63, 3.8) is 0 Å². The first-order valence-corrected chi connectivity index (χ1v) is 10.3. The summed E-state index contributed by atoms with van der Waals surface area (Å²) in [5.74, 6) is -0.0295. The van der Waals surface area contributed by atoms with Crippen molar-refractivity contribution in [3.8, 4) is 17.1 Å². The number of H-pyrrole nitrogens is 1. The van der Waals surface area contributed by atoms with Crippen LogP contribution in [0.4, 0.5) is 0 Å². The van der Waals surface area contributed by atoms with Crippen LogP contribution in [0.15, 0.2) is 69.7 Å². The molecule has 1 aromatic heterocycles. The Morgan fingerprint density at radius 2 is 2.07 bits per heavy atom. The van der Waals surface area contributed by atoms with Gasteiger partial charge in [0.2, 0.25) is 5.16 Å². The topological polar surface area (TPSA) is 88.1 Å². The Bertz CT molecular complexity index is 1070. The van der Waals surface area contributed by atoms with Crippen molar-refractivity contribution in [1.82, 2.24) is 15.2 Å². The summed E-state index contributed by atoms with van der Waals surface area (Å²) in [6.07, 6.45) is 3.14. The van der Waals surface area contributed by atoms with Crippen LogP contribution in [-0.4, -0.2) is 32.9 Å². The molecule has 0 amide bonds. The van der Waals surface area contributed by atoms with Gasteiger partial charge in [-0.1, -0.05) is 40.2 Å². The van der Waals surface area contributed by atoms with Gasteiger partial charge in [-0.05, 0) is 60.3 Å². The Morgan fingerprint density at radius 3 is 2.76 bits per heavy atom. The van der Waals surface area contributed by atoms with Gasteiger partial charge in [0.15, 0.2) is 5.82 Å². The van der Waals surface area contributed by atoms with Crippen molar-refractivity contribution in [2.75, 3.05) is 6.61 Å². The van der Waals surface area contributed by atoms with E-state index in [1.165, 1.54) is 6.08 Å². The zero-order valence-corrected chi connectivity index (χ0v) is 18.1. The quantitative estimate of drug-likeness (QED) is 0.239. The minimum atomic E-state index is -1.09. The third-order valence-corrected chi connectivity index (χ3v) is 5.23. The number of aliphatic carboxylic acids is 1. The molecule has 0 saturated carbocycles. The number of nitrogens with zero attached hydrogens (tertiary/aromatic N) is 2. The van der Waals surface area contributed by atoms with Gasteiger partial charge < -0.3 is 9.84 Å². The maximum absolute atomic E-state index is 11.8. The zero-order chi connectivity index (χ0) is 20.8. The van der Waals surface area contributed by atoms with E-state index in [0.717, 1.165) is 21.8 Å². The number of carbonyl (C=O) groups is 1. The van der Waals surface area contributed by atoms with Crippen molar-refractivity contribution in [2.45, 2.75) is 5.16 Å². The van der Waals surface area contributed by atoms with Gasteiger partial charge >= 0.3 is 5.97 Å². The first-order valence-electron chi connectivity index (χ1n) is 8.30. The number of hydrogen-bond acceptors (Lipinski definition) is 5. The van der Waals surface area contributed by atoms with E-state index >= 15 is 0 Å². The highest BCUT2D eigenvalue weighted by molar-refractivity contribution is 9.10. The maximum atomic E-state index is 11.8. The number of aromatic nitrogens is 3. The van der Waals surface area contributed by atoms with Crippen LogP contribution in [-0.2, 0) is 4.79 Å². The van der Waals surface area contributed by atoms with E-state index in [9.17, 15) is 9.90 Å². The number of hydrogen-bond donors (Lipinski definition) is 2. The summed E-state index contributed by atoms with van der Waals surface area (Å²) in [6, 6.07) is 12.4. The fraction of sp³-hybridized carbons (Fsp3) is 0.0500. The summed E-state index contributed by atoms with van der Waals surface area (Å²) >= 11 is 10.2. The molecule has 3 aromatic rings. The highest BCUT2D eigenvalue weighted by Crippen LogP contribution is 2.31. The van der Waals surface area contributed by atoms with Crippen LogP contribution in [0.3, 0.4) is 0 Å². The van der Waals surface area contributed by atoms with Crippen LogP contribution in [0.2, 0.25) is 5.02 Å². The molecule has 0 aliphatic rings. The lowest BCUT2D eigenvalue weighted by Gasteiger charge is -2.08. The Morgan fingerprint density at radius 1 is 1.31 bits per heavy atom. The smallest absolute Gasteiger partial charge is 0.342 e. The molecule has 148 valence electrons. The number of aromatic amines is 1. The first kappa shape index (κ1) is 21.2. The van der Waals surface area contributed by atoms with Crippen LogP contribution in [0.25, 0.3) is 17.5 Å². The maximum Gasteiger partial charge on any atom is 0.342 e. The van der Waals surface area contributed by atoms with Crippen LogP contribution in [0.5, 0.6) is 5.75 Å². The van der Waals surface area contributed by atoms with Crippen molar-refractivity contribution in [2.24, 2.45) is 0 Å². The normalized spacial score (nSPS) is 11.3. The summed E-state index contributed by atoms with van der Waals surface area (Å²) < 4.78 is 6.41. The van der Waals surface area contributed by atoms with Gasteiger partial charge in [-0.15, -0.1) is 5.10 Å². The molecule has 3 rings (SSSR count). The number of benzene rings is 2. The Hall–Kier alpha value is -2.55. The zero-order valence-electron chi connectivity index (χ0n) is 14.9. The van der Waals surface area contributed by atoms with Crippen LogP contribution in [0.1, 0.15) is 5.56 Å². The van der Waals surface area contributed by atoms with Crippen molar-refractivity contribution < 1.29 is 14.6 Å². The average molecular weight is 493 g/mol. The van der Waals surface area contributed by atoms with E-state index in [1.54, 1.807) is 42.5 Å². The summed E-state index contributed by atoms with van der Waals surface area (Å²) in [6.45, 7) is 3.93. The summed E-state index contributed by atoms with van der Waals surface area (Å²) in [4.78, 5) is 16.2. The molecule has 2 N–H and O–H groups in total. The molecular weight excluding hydrogens is 478 g/mol. The molecule has 0 unspecified atom stereocenters. The minimum Gasteiger partial charge on any atom is -0.489 e. The molecular formula is C20H15BrClN3O3S. The van der Waals surface area contributed by atoms with Crippen LogP contribution >= 0.6 is 39.3 Å². The largest absolute Gasteiger partial charge is 0.489 e. The van der Waals surface area contributed by atoms with E-state index < -0.39 is 5.97 Å². The van der Waals surface area contributed by atoms with Crippen LogP contribution < -0.4 is 4.74 Å². The van der Waals surface area contributed by atoms with Crippen molar-refractivity contribution >= 4 is 51.3 Å². The third kappa shape index (κ3) is 5.72. The number of carboxylic acids is 1. The number of rotatable bonds is 8. The number of carboxylic acid groups (broad SMARTS) is 1. The third-order valence-electron chi connectivity index (χ3n) is 3.61. The molecule has 0 bridgehead atoms. The van der Waals surface area contributed by atoms with Gasteiger partial charge in [0.1, 0.15) is 17.3 Å². The average Bonchev–Trinajstić information content (AvgIpc) is 3.16. The van der Waals surface area contributed by atoms with Gasteiger partial charge in [-0.3, -0.25) is 5.10 Å². The molecule has 0 fully saturated rings. The highest BCUT2D eigenvalue weighted by Gasteiger charge is 2.16. The van der Waals surface area contributed by atoms with Gasteiger partial charge in [-0.25, -0.2) is 9.78 Å². The van der Waals surface area contributed by atoms with Crippen LogP contribution in [0, 0.1) is 0 Å². The van der Waals surface area contributed by atoms with Gasteiger partial charge in [0.25, 0.3) is 0 Å². The van der Waals surface area contributed by atoms with Gasteiger partial charge in [0, 0.05) is 20.6 Å². The lowest BCUT2D eigenvalue weighted by Crippen LogP contribution is -1.99. The molecule has 6 nitrogen and oxygen atoms in total. The predicted octanol–water partition coefficient (Wildman–Crippen LogP) is 5.67. The lowest BCUT2D eigenvalue weighted by molar-refractivity contribution is -0.131. The molecule has 0 spiro atoms. The predicted molar refractivity (Wildman–Crippen MR) is 118 cm³/mol. The van der Waals surface area contributed by atoms with Gasteiger partial charge in [-0.2, -0.15) is 0 Å². The summed E-state index contributed by atoms with van der Waals surface area (Å²) in [7, 11) is 0. The fourth-order valence-electron chi connectivity index (χ4n) is 2.32. The molecule has 0 atom stereocenters. The number of halogens is 2. The van der Waals surface area contributed by atoms with E-state index in [1.807, 2.05) is 6.07 Å². The molecule has 0 saturated heterocycles. The molecule has 0 aliphatic heterocycles. The molecule has 0 aliphatic carbocycles. The van der Waals surface area contributed by atoms with Crippen molar-refractivity contribution in [1.29, 1.82) is 0 Å². The highest BCUT2D eigenvalue weighted by atomic mass is 79.9. The minimum absolute atomic E-state index is 0.0493. The van der Waals surface area contributed by atoms with E-state index in [4.69, 9.17) is 16.3 Å². The Balaban J connectivity index is 1.88. The first-order chi connectivity index (χ1) is 14.0.